The largest absolute Gasteiger partial charge is 0.324 e. The quantitative estimate of drug-likeness (QED) is 0.944. The molecule has 2 aromatic rings. The maximum atomic E-state index is 11.9. The van der Waals surface area contributed by atoms with Gasteiger partial charge in [-0.1, -0.05) is 22.0 Å². The highest BCUT2D eigenvalue weighted by molar-refractivity contribution is 9.10. The zero-order chi connectivity index (χ0) is 12.3. The van der Waals surface area contributed by atoms with E-state index in [2.05, 4.69) is 31.3 Å². The van der Waals surface area contributed by atoms with Gasteiger partial charge in [-0.15, -0.1) is 0 Å². The Morgan fingerprint density at radius 3 is 3.00 bits per heavy atom. The van der Waals surface area contributed by atoms with Gasteiger partial charge in [-0.25, -0.2) is 9.67 Å². The van der Waals surface area contributed by atoms with Crippen LogP contribution in [0.3, 0.4) is 0 Å². The van der Waals surface area contributed by atoms with Crippen LogP contribution in [0.15, 0.2) is 41.4 Å². The van der Waals surface area contributed by atoms with Crippen molar-refractivity contribution in [2.24, 2.45) is 0 Å². The lowest BCUT2D eigenvalue weighted by Crippen LogP contribution is -2.23. The number of carbonyl (C=O) groups excluding carboxylic acids is 1. The highest BCUT2D eigenvalue weighted by Gasteiger charge is 2.15. The molecular weight excluding hydrogens is 284 g/mol. The van der Waals surface area contributed by atoms with Crippen LogP contribution in [0.25, 0.3) is 0 Å². The molecule has 1 N–H and O–H groups in total. The standard InChI is InChI=1S/C11H11BrN4O/c1-8(16-7-13-6-14-16)11(17)15-10-4-2-3-9(12)5-10/h2-8H,1H3,(H,15,17). The van der Waals surface area contributed by atoms with Gasteiger partial charge in [0.15, 0.2) is 0 Å². The first-order chi connectivity index (χ1) is 8.16. The molecule has 1 heterocycles. The van der Waals surface area contributed by atoms with Gasteiger partial charge in [-0.2, -0.15) is 5.10 Å². The first-order valence-corrected chi connectivity index (χ1v) is 5.86. The lowest BCUT2D eigenvalue weighted by atomic mass is 10.3. The molecule has 0 aliphatic heterocycles. The number of nitrogens with zero attached hydrogens (tertiary/aromatic N) is 3. The predicted octanol–water partition coefficient (Wildman–Crippen LogP) is 2.24. The van der Waals surface area contributed by atoms with E-state index in [1.54, 1.807) is 6.92 Å². The lowest BCUT2D eigenvalue weighted by Gasteiger charge is -2.12. The smallest absolute Gasteiger partial charge is 0.249 e. The highest BCUT2D eigenvalue weighted by Crippen LogP contribution is 2.16. The summed E-state index contributed by atoms with van der Waals surface area (Å²) in [7, 11) is 0. The number of halogens is 1. The summed E-state index contributed by atoms with van der Waals surface area (Å²) in [5.41, 5.74) is 0.747. The summed E-state index contributed by atoms with van der Waals surface area (Å²) in [5, 5.41) is 6.75. The molecule has 0 aliphatic carbocycles. The number of nitrogens with one attached hydrogen (secondary N) is 1. The van der Waals surface area contributed by atoms with Crippen LogP contribution in [0.4, 0.5) is 5.69 Å². The van der Waals surface area contributed by atoms with Gasteiger partial charge in [-0.3, -0.25) is 4.79 Å². The summed E-state index contributed by atoms with van der Waals surface area (Å²) in [4.78, 5) is 15.7. The van der Waals surface area contributed by atoms with Gasteiger partial charge in [0.1, 0.15) is 18.7 Å². The Kier molecular flexibility index (Phi) is 3.53. The SMILES string of the molecule is CC(C(=O)Nc1cccc(Br)c1)n1cncn1. The van der Waals surface area contributed by atoms with E-state index in [1.165, 1.54) is 17.3 Å². The van der Waals surface area contributed by atoms with Crippen molar-refractivity contribution >= 4 is 27.5 Å². The lowest BCUT2D eigenvalue weighted by molar-refractivity contribution is -0.119. The fourth-order valence-corrected chi connectivity index (χ4v) is 1.75. The number of aromatic nitrogens is 3. The molecule has 1 aromatic carbocycles. The van der Waals surface area contributed by atoms with Crippen molar-refractivity contribution in [1.29, 1.82) is 0 Å². The number of anilines is 1. The Balaban J connectivity index is 2.07. The number of hydrogen-bond donors (Lipinski definition) is 1. The summed E-state index contributed by atoms with van der Waals surface area (Å²) in [6.07, 6.45) is 2.92. The van der Waals surface area contributed by atoms with Crippen molar-refractivity contribution in [3.63, 3.8) is 0 Å². The molecule has 1 aromatic heterocycles. The van der Waals surface area contributed by atoms with Crippen molar-refractivity contribution in [2.45, 2.75) is 13.0 Å². The molecule has 0 saturated carbocycles. The van der Waals surface area contributed by atoms with Gasteiger partial charge in [-0.05, 0) is 25.1 Å². The second-order valence-corrected chi connectivity index (χ2v) is 4.47. The topological polar surface area (TPSA) is 59.8 Å². The number of amides is 1. The van der Waals surface area contributed by atoms with Crippen LogP contribution < -0.4 is 5.32 Å². The number of hydrogen-bond acceptors (Lipinski definition) is 3. The number of benzene rings is 1. The van der Waals surface area contributed by atoms with Crippen molar-refractivity contribution in [3.05, 3.63) is 41.4 Å². The van der Waals surface area contributed by atoms with Gasteiger partial charge in [0.25, 0.3) is 0 Å². The van der Waals surface area contributed by atoms with Gasteiger partial charge >= 0.3 is 0 Å². The van der Waals surface area contributed by atoms with Crippen LogP contribution in [0.5, 0.6) is 0 Å². The molecule has 0 radical (unpaired) electrons. The Morgan fingerprint density at radius 2 is 2.35 bits per heavy atom. The van der Waals surface area contributed by atoms with Crippen LogP contribution in [-0.2, 0) is 4.79 Å². The molecule has 0 fully saturated rings. The summed E-state index contributed by atoms with van der Waals surface area (Å²) < 4.78 is 2.43. The van der Waals surface area contributed by atoms with Gasteiger partial charge in [0.2, 0.25) is 5.91 Å². The van der Waals surface area contributed by atoms with Gasteiger partial charge < -0.3 is 5.32 Å². The Labute approximate surface area is 107 Å². The molecule has 88 valence electrons. The van der Waals surface area contributed by atoms with Gasteiger partial charge in [0.05, 0.1) is 0 Å². The monoisotopic (exact) mass is 294 g/mol. The summed E-state index contributed by atoms with van der Waals surface area (Å²) in [6.45, 7) is 1.77. The van der Waals surface area contributed by atoms with Crippen LogP contribution in [0.1, 0.15) is 13.0 Å². The molecule has 0 bridgehead atoms. The van der Waals surface area contributed by atoms with Gasteiger partial charge in [0, 0.05) is 10.2 Å². The van der Waals surface area contributed by atoms with Crippen molar-refractivity contribution in [3.8, 4) is 0 Å². The molecule has 2 rings (SSSR count). The fraction of sp³-hybridized carbons (Fsp3) is 0.182. The summed E-state index contributed by atoms with van der Waals surface area (Å²) in [6, 6.07) is 7.04. The van der Waals surface area contributed by atoms with Crippen molar-refractivity contribution < 1.29 is 4.79 Å². The Morgan fingerprint density at radius 1 is 1.53 bits per heavy atom. The predicted molar refractivity (Wildman–Crippen MR) is 67.5 cm³/mol. The minimum absolute atomic E-state index is 0.131. The van der Waals surface area contributed by atoms with Crippen LogP contribution >= 0.6 is 15.9 Å². The maximum absolute atomic E-state index is 11.9. The minimum Gasteiger partial charge on any atom is -0.324 e. The van der Waals surface area contributed by atoms with E-state index in [1.807, 2.05) is 24.3 Å². The van der Waals surface area contributed by atoms with Crippen molar-refractivity contribution in [2.75, 3.05) is 5.32 Å². The normalized spacial score (nSPS) is 12.1. The van der Waals surface area contributed by atoms with Crippen LogP contribution in [0, 0.1) is 0 Å². The average Bonchev–Trinajstić information content (AvgIpc) is 2.81. The molecular formula is C11H11BrN4O. The molecule has 5 nitrogen and oxygen atoms in total. The molecule has 1 unspecified atom stereocenters. The van der Waals surface area contributed by atoms with E-state index in [0.29, 0.717) is 0 Å². The first-order valence-electron chi connectivity index (χ1n) is 5.07. The third-order valence-electron chi connectivity index (χ3n) is 2.31. The Hall–Kier alpha value is -1.69. The second-order valence-electron chi connectivity index (χ2n) is 3.55. The molecule has 1 atom stereocenters. The number of rotatable bonds is 3. The third-order valence-corrected chi connectivity index (χ3v) is 2.80. The molecule has 0 saturated heterocycles. The van der Waals surface area contributed by atoms with Crippen LogP contribution in [-0.4, -0.2) is 20.7 Å². The third kappa shape index (κ3) is 2.91. The number of carbonyl (C=O) groups is 1. The van der Waals surface area contributed by atoms with E-state index < -0.39 is 6.04 Å². The van der Waals surface area contributed by atoms with E-state index in [4.69, 9.17) is 0 Å². The maximum Gasteiger partial charge on any atom is 0.249 e. The first kappa shape index (κ1) is 11.8. The highest BCUT2D eigenvalue weighted by atomic mass is 79.9. The van der Waals surface area contributed by atoms with E-state index in [9.17, 15) is 4.79 Å². The zero-order valence-corrected chi connectivity index (χ0v) is 10.8. The average molecular weight is 295 g/mol. The minimum atomic E-state index is -0.392. The van der Waals surface area contributed by atoms with E-state index >= 15 is 0 Å². The molecule has 17 heavy (non-hydrogen) atoms. The molecule has 0 aliphatic rings. The molecule has 1 amide bonds. The zero-order valence-electron chi connectivity index (χ0n) is 9.17. The van der Waals surface area contributed by atoms with E-state index in [0.717, 1.165) is 10.2 Å². The Bertz CT molecular complexity index is 512. The van der Waals surface area contributed by atoms with Crippen molar-refractivity contribution in [1.82, 2.24) is 14.8 Å². The van der Waals surface area contributed by atoms with E-state index in [-0.39, 0.29) is 5.91 Å². The molecule has 6 heteroatoms. The summed E-state index contributed by atoms with van der Waals surface area (Å²) >= 11 is 3.35. The molecule has 0 spiro atoms. The van der Waals surface area contributed by atoms with Crippen LogP contribution in [0.2, 0.25) is 0 Å². The fourth-order valence-electron chi connectivity index (χ4n) is 1.35. The second kappa shape index (κ2) is 5.09. The summed E-state index contributed by atoms with van der Waals surface area (Å²) in [5.74, 6) is -0.131.